The molecule has 1 N–H and O–H groups in total. The number of urea groups is 1. The highest BCUT2D eigenvalue weighted by atomic mass is 35.5. The van der Waals surface area contributed by atoms with Gasteiger partial charge in [0.2, 0.25) is 0 Å². The summed E-state index contributed by atoms with van der Waals surface area (Å²) >= 11 is 11.8. The van der Waals surface area contributed by atoms with E-state index in [1.807, 2.05) is 0 Å². The minimum absolute atomic E-state index is 0.261. The van der Waals surface area contributed by atoms with Gasteiger partial charge in [-0.2, -0.15) is 0 Å². The molecule has 0 spiro atoms. The number of ether oxygens (including phenoxy) is 1. The highest BCUT2D eigenvalue weighted by Crippen LogP contribution is 2.25. The van der Waals surface area contributed by atoms with E-state index in [1.54, 1.807) is 25.1 Å². The van der Waals surface area contributed by atoms with Crippen LogP contribution in [-0.4, -0.2) is 41.8 Å². The zero-order chi connectivity index (χ0) is 16.1. The van der Waals surface area contributed by atoms with Crippen molar-refractivity contribution in [3.63, 3.8) is 0 Å². The third kappa shape index (κ3) is 3.96. The van der Waals surface area contributed by atoms with Crippen LogP contribution in [0.15, 0.2) is 18.2 Å². The van der Waals surface area contributed by atoms with Crippen LogP contribution in [0.4, 0.5) is 15.3 Å². The van der Waals surface area contributed by atoms with E-state index in [9.17, 15) is 9.59 Å². The van der Waals surface area contributed by atoms with Gasteiger partial charge in [0, 0.05) is 18.8 Å². The fourth-order valence-electron chi connectivity index (χ4n) is 2.13. The molecule has 1 aromatic rings. The number of hydrogen-bond donors (Lipinski definition) is 1. The smallest absolute Gasteiger partial charge is 0.428 e. The Morgan fingerprint density at radius 1 is 1.18 bits per heavy atom. The minimum Gasteiger partial charge on any atom is -0.448 e. The zero-order valence-corrected chi connectivity index (χ0v) is 13.7. The molecule has 120 valence electrons. The molecular weight excluding hydrogens is 329 g/mol. The molecule has 0 atom stereocenters. The van der Waals surface area contributed by atoms with Crippen LogP contribution in [0.5, 0.6) is 0 Å². The Balaban J connectivity index is 2.08. The molecule has 2 rings (SSSR count). The van der Waals surface area contributed by atoms with Gasteiger partial charge >= 0.3 is 12.1 Å². The number of rotatable bonds is 2. The van der Waals surface area contributed by atoms with E-state index in [0.29, 0.717) is 28.8 Å². The standard InChI is InChI=1S/C14H17Cl2N3O3/c1-2-22-14(21)19-8-4-3-7-18(19)13(20)17-10-5-6-11(15)12(16)9-10/h5-6,9H,2-4,7-8H2,1H3,(H,17,20). The fraction of sp³-hybridized carbons (Fsp3) is 0.429. The second kappa shape index (κ2) is 7.56. The highest BCUT2D eigenvalue weighted by molar-refractivity contribution is 6.42. The molecule has 1 aromatic carbocycles. The van der Waals surface area contributed by atoms with Crippen molar-refractivity contribution in [2.75, 3.05) is 25.0 Å². The molecule has 0 bridgehead atoms. The highest BCUT2D eigenvalue weighted by Gasteiger charge is 2.29. The number of anilines is 1. The third-order valence-corrected chi connectivity index (χ3v) is 3.90. The molecule has 0 radical (unpaired) electrons. The predicted molar refractivity (Wildman–Crippen MR) is 85.1 cm³/mol. The molecule has 6 nitrogen and oxygen atoms in total. The van der Waals surface area contributed by atoms with Gasteiger partial charge in [-0.05, 0) is 38.0 Å². The van der Waals surface area contributed by atoms with E-state index in [0.717, 1.165) is 12.8 Å². The van der Waals surface area contributed by atoms with Crippen LogP contribution < -0.4 is 5.32 Å². The second-order valence-corrected chi connectivity index (χ2v) is 5.53. The third-order valence-electron chi connectivity index (χ3n) is 3.17. The first-order valence-corrected chi connectivity index (χ1v) is 7.76. The Labute approximate surface area is 138 Å². The first-order valence-electron chi connectivity index (χ1n) is 7.00. The van der Waals surface area contributed by atoms with Crippen LogP contribution >= 0.6 is 23.2 Å². The van der Waals surface area contributed by atoms with Gasteiger partial charge in [0.1, 0.15) is 0 Å². The minimum atomic E-state index is -0.522. The summed E-state index contributed by atoms with van der Waals surface area (Å²) in [4.78, 5) is 24.3. The van der Waals surface area contributed by atoms with E-state index in [-0.39, 0.29) is 6.61 Å². The largest absolute Gasteiger partial charge is 0.448 e. The van der Waals surface area contributed by atoms with Crippen molar-refractivity contribution in [1.29, 1.82) is 0 Å². The summed E-state index contributed by atoms with van der Waals surface area (Å²) in [6.07, 6.45) is 1.13. The van der Waals surface area contributed by atoms with Crippen LogP contribution in [0.1, 0.15) is 19.8 Å². The summed E-state index contributed by atoms with van der Waals surface area (Å²) in [5.74, 6) is 0. The topological polar surface area (TPSA) is 61.9 Å². The molecule has 1 heterocycles. The number of amides is 3. The van der Waals surface area contributed by atoms with Crippen molar-refractivity contribution in [3.8, 4) is 0 Å². The van der Waals surface area contributed by atoms with Crippen molar-refractivity contribution in [3.05, 3.63) is 28.2 Å². The summed E-state index contributed by atoms with van der Waals surface area (Å²) in [6.45, 7) is 2.89. The first kappa shape index (κ1) is 16.7. The van der Waals surface area contributed by atoms with Crippen molar-refractivity contribution in [2.45, 2.75) is 19.8 Å². The molecule has 0 saturated carbocycles. The van der Waals surface area contributed by atoms with Crippen molar-refractivity contribution >= 4 is 41.0 Å². The lowest BCUT2D eigenvalue weighted by Crippen LogP contribution is -2.54. The number of benzene rings is 1. The number of hydrogen-bond acceptors (Lipinski definition) is 3. The predicted octanol–water partition coefficient (Wildman–Crippen LogP) is 3.99. The molecule has 1 aliphatic rings. The summed E-state index contributed by atoms with van der Waals surface area (Å²) in [7, 11) is 0. The van der Waals surface area contributed by atoms with E-state index in [1.165, 1.54) is 10.0 Å². The average molecular weight is 346 g/mol. The van der Waals surface area contributed by atoms with E-state index >= 15 is 0 Å². The molecule has 1 aliphatic heterocycles. The molecule has 1 saturated heterocycles. The van der Waals surface area contributed by atoms with E-state index in [4.69, 9.17) is 27.9 Å². The van der Waals surface area contributed by atoms with Gasteiger partial charge in [0.15, 0.2) is 0 Å². The number of carbonyl (C=O) groups is 2. The lowest BCUT2D eigenvalue weighted by molar-refractivity contribution is -0.00724. The summed E-state index contributed by atoms with van der Waals surface area (Å²) in [5.41, 5.74) is 0.508. The maximum absolute atomic E-state index is 12.4. The average Bonchev–Trinajstić information content (AvgIpc) is 2.51. The van der Waals surface area contributed by atoms with Crippen molar-refractivity contribution < 1.29 is 14.3 Å². The summed E-state index contributed by atoms with van der Waals surface area (Å²) in [6, 6.07) is 4.38. The monoisotopic (exact) mass is 345 g/mol. The second-order valence-electron chi connectivity index (χ2n) is 4.71. The Morgan fingerprint density at radius 2 is 1.86 bits per heavy atom. The number of halogens is 2. The van der Waals surface area contributed by atoms with E-state index in [2.05, 4.69) is 5.32 Å². The zero-order valence-electron chi connectivity index (χ0n) is 12.1. The SMILES string of the molecule is CCOC(=O)N1CCCCN1C(=O)Nc1ccc(Cl)c(Cl)c1. The molecular formula is C14H17Cl2N3O3. The Morgan fingerprint density at radius 3 is 2.50 bits per heavy atom. The quantitative estimate of drug-likeness (QED) is 0.881. The molecule has 22 heavy (non-hydrogen) atoms. The Hall–Kier alpha value is -1.66. The molecule has 0 aliphatic carbocycles. The van der Waals surface area contributed by atoms with Gasteiger partial charge in [0.05, 0.1) is 16.7 Å². The lowest BCUT2D eigenvalue weighted by atomic mass is 10.2. The number of hydrazine groups is 1. The van der Waals surface area contributed by atoms with Gasteiger partial charge in [-0.15, -0.1) is 0 Å². The summed E-state index contributed by atoms with van der Waals surface area (Å²) < 4.78 is 4.97. The van der Waals surface area contributed by atoms with Crippen LogP contribution in [0.25, 0.3) is 0 Å². The maximum Gasteiger partial charge on any atom is 0.428 e. The number of nitrogens with one attached hydrogen (secondary N) is 1. The van der Waals surface area contributed by atoms with Gasteiger partial charge < -0.3 is 10.1 Å². The van der Waals surface area contributed by atoms with E-state index < -0.39 is 12.1 Å². The first-order chi connectivity index (χ1) is 10.5. The van der Waals surface area contributed by atoms with Gasteiger partial charge in [-0.25, -0.2) is 19.6 Å². The van der Waals surface area contributed by atoms with Gasteiger partial charge in [0.25, 0.3) is 0 Å². The lowest BCUT2D eigenvalue weighted by Gasteiger charge is -2.37. The number of nitrogens with zero attached hydrogens (tertiary/aromatic N) is 2. The van der Waals surface area contributed by atoms with Crippen LogP contribution in [0, 0.1) is 0 Å². The van der Waals surface area contributed by atoms with Gasteiger partial charge in [-0.3, -0.25) is 0 Å². The van der Waals surface area contributed by atoms with Gasteiger partial charge in [-0.1, -0.05) is 23.2 Å². The van der Waals surface area contributed by atoms with Crippen LogP contribution in [0.3, 0.4) is 0 Å². The van der Waals surface area contributed by atoms with Crippen LogP contribution in [-0.2, 0) is 4.74 Å². The Bertz CT molecular complexity index is 568. The number of carbonyl (C=O) groups excluding carboxylic acids is 2. The molecule has 0 unspecified atom stereocenters. The van der Waals surface area contributed by atoms with Crippen LogP contribution in [0.2, 0.25) is 10.0 Å². The normalized spacial score (nSPS) is 14.7. The van der Waals surface area contributed by atoms with Crippen molar-refractivity contribution in [2.24, 2.45) is 0 Å². The molecule has 1 fully saturated rings. The van der Waals surface area contributed by atoms with Crippen molar-refractivity contribution in [1.82, 2.24) is 10.0 Å². The molecule has 3 amide bonds. The fourth-order valence-corrected chi connectivity index (χ4v) is 2.42. The summed E-state index contributed by atoms with van der Waals surface area (Å²) in [5, 5.41) is 6.13. The molecule has 8 heteroatoms. The maximum atomic E-state index is 12.4. The Kier molecular flexibility index (Phi) is 5.74. The molecule has 0 aromatic heterocycles.